The molecule has 0 aliphatic heterocycles. The normalized spacial score (nSPS) is 10.7. The average Bonchev–Trinajstić information content (AvgIpc) is 2.76. The number of halogens is 1. The SMILES string of the molecule is Cn1cc(Cn2nncc2CBr)cn1. The van der Waals surface area contributed by atoms with Crippen LogP contribution in [0.1, 0.15) is 11.3 Å². The Bertz CT molecular complexity index is 419. The molecule has 0 spiro atoms. The molecule has 0 fully saturated rings. The third-order valence-corrected chi connectivity index (χ3v) is 2.50. The van der Waals surface area contributed by atoms with Crippen LogP contribution in [0.25, 0.3) is 0 Å². The topological polar surface area (TPSA) is 48.5 Å². The van der Waals surface area contributed by atoms with E-state index in [0.29, 0.717) is 0 Å². The van der Waals surface area contributed by atoms with Gasteiger partial charge in [-0.3, -0.25) is 4.68 Å². The van der Waals surface area contributed by atoms with Crippen LogP contribution >= 0.6 is 15.9 Å². The Morgan fingerprint density at radius 3 is 2.93 bits per heavy atom. The van der Waals surface area contributed by atoms with E-state index in [1.54, 1.807) is 10.9 Å². The zero-order chi connectivity index (χ0) is 9.97. The fourth-order valence-corrected chi connectivity index (χ4v) is 1.68. The van der Waals surface area contributed by atoms with Crippen LogP contribution in [0.3, 0.4) is 0 Å². The maximum Gasteiger partial charge on any atom is 0.0734 e. The van der Waals surface area contributed by atoms with Crippen molar-refractivity contribution in [2.24, 2.45) is 7.05 Å². The van der Waals surface area contributed by atoms with E-state index in [-0.39, 0.29) is 0 Å². The first kappa shape index (κ1) is 9.39. The molecule has 0 atom stereocenters. The highest BCUT2D eigenvalue weighted by Gasteiger charge is 2.03. The number of nitrogens with zero attached hydrogens (tertiary/aromatic N) is 5. The molecule has 0 saturated carbocycles. The number of alkyl halides is 1. The van der Waals surface area contributed by atoms with Crippen molar-refractivity contribution in [2.75, 3.05) is 0 Å². The van der Waals surface area contributed by atoms with Crippen molar-refractivity contribution in [3.63, 3.8) is 0 Å². The Kier molecular flexibility index (Phi) is 2.62. The molecule has 0 aliphatic carbocycles. The Balaban J connectivity index is 2.18. The Morgan fingerprint density at radius 2 is 2.29 bits per heavy atom. The maximum atomic E-state index is 4.10. The van der Waals surface area contributed by atoms with E-state index < -0.39 is 0 Å². The van der Waals surface area contributed by atoms with E-state index in [1.165, 1.54) is 0 Å². The molecular formula is C8H10BrN5. The van der Waals surface area contributed by atoms with Gasteiger partial charge in [0.25, 0.3) is 0 Å². The third-order valence-electron chi connectivity index (χ3n) is 1.93. The van der Waals surface area contributed by atoms with Crippen molar-refractivity contribution in [3.05, 3.63) is 29.8 Å². The van der Waals surface area contributed by atoms with Gasteiger partial charge in [-0.05, 0) is 0 Å². The maximum absolute atomic E-state index is 4.10. The molecule has 74 valence electrons. The van der Waals surface area contributed by atoms with E-state index in [1.807, 2.05) is 24.1 Å². The molecule has 2 aromatic rings. The predicted molar refractivity (Wildman–Crippen MR) is 55.0 cm³/mol. The minimum absolute atomic E-state index is 0.717. The van der Waals surface area contributed by atoms with Gasteiger partial charge in [-0.25, -0.2) is 4.68 Å². The second kappa shape index (κ2) is 3.91. The van der Waals surface area contributed by atoms with Crippen LogP contribution in [0.15, 0.2) is 18.6 Å². The lowest BCUT2D eigenvalue weighted by molar-refractivity contribution is 0.631. The summed E-state index contributed by atoms with van der Waals surface area (Å²) < 4.78 is 3.63. The zero-order valence-corrected chi connectivity index (χ0v) is 9.35. The first-order valence-corrected chi connectivity index (χ1v) is 5.32. The van der Waals surface area contributed by atoms with Gasteiger partial charge in [0.1, 0.15) is 0 Å². The molecule has 0 bridgehead atoms. The van der Waals surface area contributed by atoms with Crippen molar-refractivity contribution in [1.29, 1.82) is 0 Å². The quantitative estimate of drug-likeness (QED) is 0.768. The van der Waals surface area contributed by atoms with Gasteiger partial charge in [-0.2, -0.15) is 5.10 Å². The molecule has 0 saturated heterocycles. The Hall–Kier alpha value is -1.17. The molecular weight excluding hydrogens is 246 g/mol. The van der Waals surface area contributed by atoms with Crippen molar-refractivity contribution in [2.45, 2.75) is 11.9 Å². The van der Waals surface area contributed by atoms with Crippen LogP contribution in [0.2, 0.25) is 0 Å². The second-order valence-corrected chi connectivity index (χ2v) is 3.60. The van der Waals surface area contributed by atoms with Gasteiger partial charge >= 0.3 is 0 Å². The predicted octanol–water partition coefficient (Wildman–Crippen LogP) is 0.955. The number of rotatable bonds is 3. The summed E-state index contributed by atoms with van der Waals surface area (Å²) in [7, 11) is 1.90. The lowest BCUT2D eigenvalue weighted by atomic mass is 10.3. The minimum atomic E-state index is 0.717. The zero-order valence-electron chi connectivity index (χ0n) is 7.76. The molecule has 2 aromatic heterocycles. The van der Waals surface area contributed by atoms with Gasteiger partial charge in [0.2, 0.25) is 0 Å². The van der Waals surface area contributed by atoms with Crippen molar-refractivity contribution in [3.8, 4) is 0 Å². The fourth-order valence-electron chi connectivity index (χ4n) is 1.24. The smallest absolute Gasteiger partial charge is 0.0734 e. The van der Waals surface area contributed by atoms with Crippen LogP contribution in [-0.2, 0) is 18.9 Å². The summed E-state index contributed by atoms with van der Waals surface area (Å²) in [5, 5.41) is 12.7. The van der Waals surface area contributed by atoms with E-state index in [9.17, 15) is 0 Å². The monoisotopic (exact) mass is 255 g/mol. The Morgan fingerprint density at radius 1 is 1.43 bits per heavy atom. The Labute approximate surface area is 89.9 Å². The van der Waals surface area contributed by atoms with E-state index in [2.05, 4.69) is 31.3 Å². The average molecular weight is 256 g/mol. The molecule has 2 heterocycles. The summed E-state index contributed by atoms with van der Waals surface area (Å²) in [6.45, 7) is 0.717. The minimum Gasteiger partial charge on any atom is -0.275 e. The summed E-state index contributed by atoms with van der Waals surface area (Å²) in [5.41, 5.74) is 2.19. The van der Waals surface area contributed by atoms with E-state index >= 15 is 0 Å². The number of hydrogen-bond donors (Lipinski definition) is 0. The van der Waals surface area contributed by atoms with E-state index in [4.69, 9.17) is 0 Å². The van der Waals surface area contributed by atoms with Gasteiger partial charge in [-0.15, -0.1) is 5.10 Å². The molecule has 0 aliphatic rings. The van der Waals surface area contributed by atoms with E-state index in [0.717, 1.165) is 23.1 Å². The molecule has 0 aromatic carbocycles. The first-order valence-electron chi connectivity index (χ1n) is 4.20. The van der Waals surface area contributed by atoms with Crippen molar-refractivity contribution in [1.82, 2.24) is 24.8 Å². The number of aryl methyl sites for hydroxylation is 1. The van der Waals surface area contributed by atoms with Crippen LogP contribution in [-0.4, -0.2) is 24.8 Å². The molecule has 0 N–H and O–H groups in total. The van der Waals surface area contributed by atoms with Crippen LogP contribution in [0, 0.1) is 0 Å². The summed E-state index contributed by atoms with van der Waals surface area (Å²) in [6.07, 6.45) is 5.56. The third kappa shape index (κ3) is 1.84. The second-order valence-electron chi connectivity index (χ2n) is 3.04. The van der Waals surface area contributed by atoms with Crippen molar-refractivity contribution >= 4 is 15.9 Å². The largest absolute Gasteiger partial charge is 0.275 e. The highest BCUT2D eigenvalue weighted by atomic mass is 79.9. The molecule has 0 unspecified atom stereocenters. The van der Waals surface area contributed by atoms with Gasteiger partial charge in [0.05, 0.1) is 24.6 Å². The lowest BCUT2D eigenvalue weighted by Crippen LogP contribution is -2.04. The van der Waals surface area contributed by atoms with Gasteiger partial charge in [-0.1, -0.05) is 21.1 Å². The molecule has 0 amide bonds. The van der Waals surface area contributed by atoms with Crippen LogP contribution in [0.5, 0.6) is 0 Å². The lowest BCUT2D eigenvalue weighted by Gasteiger charge is -2.00. The summed E-state index contributed by atoms with van der Waals surface area (Å²) >= 11 is 3.38. The highest BCUT2D eigenvalue weighted by Crippen LogP contribution is 2.06. The summed E-state index contributed by atoms with van der Waals surface area (Å²) in [6, 6.07) is 0. The van der Waals surface area contributed by atoms with Gasteiger partial charge < -0.3 is 0 Å². The molecule has 0 radical (unpaired) electrons. The fraction of sp³-hybridized carbons (Fsp3) is 0.375. The van der Waals surface area contributed by atoms with Gasteiger partial charge in [0.15, 0.2) is 0 Å². The summed E-state index contributed by atoms with van der Waals surface area (Å²) in [5.74, 6) is 0. The van der Waals surface area contributed by atoms with Crippen LogP contribution in [0.4, 0.5) is 0 Å². The first-order chi connectivity index (χ1) is 6.79. The molecule has 14 heavy (non-hydrogen) atoms. The number of hydrogen-bond acceptors (Lipinski definition) is 3. The van der Waals surface area contributed by atoms with Crippen molar-refractivity contribution < 1.29 is 0 Å². The molecule has 2 rings (SSSR count). The summed E-state index contributed by atoms with van der Waals surface area (Å²) in [4.78, 5) is 0. The van der Waals surface area contributed by atoms with Crippen LogP contribution < -0.4 is 0 Å². The molecule has 5 nitrogen and oxygen atoms in total. The molecule has 6 heteroatoms. The highest BCUT2D eigenvalue weighted by molar-refractivity contribution is 9.08. The van der Waals surface area contributed by atoms with Gasteiger partial charge in [0, 0.05) is 24.1 Å². The number of aromatic nitrogens is 5. The standard InChI is InChI=1S/C8H10BrN5/c1-13-5-7(3-11-13)6-14-8(2-9)4-10-12-14/h3-5H,2,6H2,1H3.